The van der Waals surface area contributed by atoms with Crippen LogP contribution in [0.25, 0.3) is 11.0 Å². The molecular weight excluding hydrogens is 288 g/mol. The number of aromatic nitrogens is 3. The van der Waals surface area contributed by atoms with Gasteiger partial charge in [0.1, 0.15) is 17.7 Å². The summed E-state index contributed by atoms with van der Waals surface area (Å²) >= 11 is 0. The van der Waals surface area contributed by atoms with Gasteiger partial charge in [-0.2, -0.15) is 0 Å². The number of amides is 1. The summed E-state index contributed by atoms with van der Waals surface area (Å²) in [5.41, 5.74) is -1.03. The summed E-state index contributed by atoms with van der Waals surface area (Å²) in [6, 6.07) is 1.52. The molecule has 0 saturated heterocycles. The lowest BCUT2D eigenvalue weighted by molar-refractivity contribution is -0.121. The number of rotatable bonds is 5. The van der Waals surface area contributed by atoms with Crippen LogP contribution in [0.4, 0.5) is 0 Å². The summed E-state index contributed by atoms with van der Waals surface area (Å²) in [6.07, 6.45) is 2.95. The first-order valence-corrected chi connectivity index (χ1v) is 6.51. The van der Waals surface area contributed by atoms with Crippen molar-refractivity contribution in [3.8, 4) is 5.75 Å². The molecule has 0 bridgehead atoms. The van der Waals surface area contributed by atoms with Gasteiger partial charge < -0.3 is 10.1 Å². The van der Waals surface area contributed by atoms with Crippen molar-refractivity contribution in [3.05, 3.63) is 45.8 Å². The number of nitrogens with one attached hydrogen (secondary N) is 1. The van der Waals surface area contributed by atoms with Gasteiger partial charge in [0.15, 0.2) is 5.65 Å². The molecule has 0 atom stereocenters. The maximum atomic E-state index is 12.5. The topological polar surface area (TPSA) is 95.2 Å². The van der Waals surface area contributed by atoms with E-state index in [-0.39, 0.29) is 24.1 Å². The lowest BCUT2D eigenvalue weighted by Gasteiger charge is -2.11. The Labute approximate surface area is 125 Å². The minimum Gasteiger partial charge on any atom is -0.496 e. The molecule has 8 nitrogen and oxygen atoms in total. The fourth-order valence-corrected chi connectivity index (χ4v) is 2.08. The highest BCUT2D eigenvalue weighted by Gasteiger charge is 2.17. The lowest BCUT2D eigenvalue weighted by atomic mass is 10.3. The summed E-state index contributed by atoms with van der Waals surface area (Å²) in [5.74, 6) is -0.160. The quantitative estimate of drug-likeness (QED) is 0.745. The number of hydrogen-bond donors (Lipinski definition) is 1. The molecule has 0 fully saturated rings. The summed E-state index contributed by atoms with van der Waals surface area (Å²) in [6.45, 7) is 3.35. The van der Waals surface area contributed by atoms with E-state index in [1.54, 1.807) is 0 Å². The van der Waals surface area contributed by atoms with Crippen LogP contribution in [-0.2, 0) is 18.4 Å². The predicted molar refractivity (Wildman–Crippen MR) is 81.0 cm³/mol. The van der Waals surface area contributed by atoms with Crippen LogP contribution in [0.1, 0.15) is 0 Å². The number of carbonyl (C=O) groups excluding carboxylic acids is 1. The van der Waals surface area contributed by atoms with E-state index < -0.39 is 17.2 Å². The second-order valence-electron chi connectivity index (χ2n) is 4.54. The van der Waals surface area contributed by atoms with Gasteiger partial charge in [-0.25, -0.2) is 14.3 Å². The first-order chi connectivity index (χ1) is 10.5. The molecule has 0 unspecified atom stereocenters. The van der Waals surface area contributed by atoms with Gasteiger partial charge in [-0.3, -0.25) is 14.2 Å². The summed E-state index contributed by atoms with van der Waals surface area (Å²) < 4.78 is 7.21. The highest BCUT2D eigenvalue weighted by atomic mass is 16.5. The number of nitrogens with zero attached hydrogens (tertiary/aromatic N) is 3. The fraction of sp³-hybridized carbons (Fsp3) is 0.286. The number of carbonyl (C=O) groups is 1. The Morgan fingerprint density at radius 2 is 2.23 bits per heavy atom. The van der Waals surface area contributed by atoms with Gasteiger partial charge in [-0.1, -0.05) is 6.08 Å². The average Bonchev–Trinajstić information content (AvgIpc) is 2.53. The number of hydrogen-bond acceptors (Lipinski definition) is 5. The Morgan fingerprint density at radius 1 is 1.50 bits per heavy atom. The van der Waals surface area contributed by atoms with E-state index in [1.807, 2.05) is 0 Å². The van der Waals surface area contributed by atoms with Gasteiger partial charge >= 0.3 is 5.69 Å². The molecule has 2 aromatic rings. The van der Waals surface area contributed by atoms with Crippen LogP contribution in [0, 0.1) is 0 Å². The number of ether oxygens (including phenoxy) is 1. The Bertz CT molecular complexity index is 850. The van der Waals surface area contributed by atoms with Crippen molar-refractivity contribution in [2.45, 2.75) is 6.54 Å². The zero-order valence-corrected chi connectivity index (χ0v) is 12.3. The molecule has 8 heteroatoms. The van der Waals surface area contributed by atoms with Crippen molar-refractivity contribution in [3.63, 3.8) is 0 Å². The number of pyridine rings is 1. The Morgan fingerprint density at radius 3 is 2.86 bits per heavy atom. The Hall–Kier alpha value is -2.90. The smallest absolute Gasteiger partial charge is 0.332 e. The zero-order valence-electron chi connectivity index (χ0n) is 12.3. The molecule has 1 amide bonds. The van der Waals surface area contributed by atoms with E-state index in [9.17, 15) is 14.4 Å². The highest BCUT2D eigenvalue weighted by Crippen LogP contribution is 2.18. The summed E-state index contributed by atoms with van der Waals surface area (Å²) in [4.78, 5) is 40.6. The van der Waals surface area contributed by atoms with Crippen LogP contribution in [0.3, 0.4) is 0 Å². The molecule has 116 valence electrons. The van der Waals surface area contributed by atoms with Gasteiger partial charge in [0.25, 0.3) is 5.56 Å². The molecule has 0 aromatic carbocycles. The molecule has 1 N–H and O–H groups in total. The zero-order chi connectivity index (χ0) is 16.3. The third-order valence-electron chi connectivity index (χ3n) is 3.15. The first kappa shape index (κ1) is 15.5. The maximum Gasteiger partial charge on any atom is 0.332 e. The van der Waals surface area contributed by atoms with E-state index in [2.05, 4.69) is 16.9 Å². The normalized spacial score (nSPS) is 10.5. The maximum absolute atomic E-state index is 12.5. The molecule has 0 aliphatic carbocycles. The van der Waals surface area contributed by atoms with Crippen LogP contribution in [0.15, 0.2) is 34.5 Å². The van der Waals surface area contributed by atoms with Crippen molar-refractivity contribution < 1.29 is 9.53 Å². The van der Waals surface area contributed by atoms with Gasteiger partial charge in [-0.05, 0) is 6.07 Å². The van der Waals surface area contributed by atoms with Crippen molar-refractivity contribution in [2.24, 2.45) is 7.05 Å². The lowest BCUT2D eigenvalue weighted by Crippen LogP contribution is -2.43. The predicted octanol–water partition coefficient (Wildman–Crippen LogP) is -0.594. The second-order valence-corrected chi connectivity index (χ2v) is 4.54. The van der Waals surface area contributed by atoms with E-state index in [0.29, 0.717) is 5.75 Å². The molecule has 2 heterocycles. The monoisotopic (exact) mass is 304 g/mol. The van der Waals surface area contributed by atoms with Crippen LogP contribution >= 0.6 is 0 Å². The van der Waals surface area contributed by atoms with E-state index in [1.165, 1.54) is 37.1 Å². The molecule has 0 saturated carbocycles. The summed E-state index contributed by atoms with van der Waals surface area (Å²) in [5, 5.41) is 2.68. The van der Waals surface area contributed by atoms with Gasteiger partial charge in [0, 0.05) is 19.8 Å². The Kier molecular flexibility index (Phi) is 4.40. The standard InChI is InChI=1S/C14H16N4O4/c1-4-6-15-10(19)8-18-13(20)11-9(22-3)5-7-16-12(11)17(2)14(18)21/h4-5,7H,1,6,8H2,2-3H3,(H,15,19). The second kappa shape index (κ2) is 6.25. The molecule has 0 aliphatic heterocycles. The minimum atomic E-state index is -0.619. The minimum absolute atomic E-state index is 0.156. The van der Waals surface area contributed by atoms with E-state index in [4.69, 9.17) is 4.74 Å². The third-order valence-corrected chi connectivity index (χ3v) is 3.15. The fourth-order valence-electron chi connectivity index (χ4n) is 2.08. The van der Waals surface area contributed by atoms with Gasteiger partial charge in [0.05, 0.1) is 7.11 Å². The third kappa shape index (κ3) is 2.62. The van der Waals surface area contributed by atoms with Crippen molar-refractivity contribution in [1.82, 2.24) is 19.4 Å². The van der Waals surface area contributed by atoms with Crippen molar-refractivity contribution >= 4 is 16.9 Å². The number of aryl methyl sites for hydroxylation is 1. The molecule has 0 aliphatic rings. The molecule has 0 radical (unpaired) electrons. The molecular formula is C14H16N4O4. The molecule has 2 rings (SSSR count). The van der Waals surface area contributed by atoms with Crippen molar-refractivity contribution in [1.29, 1.82) is 0 Å². The summed E-state index contributed by atoms with van der Waals surface area (Å²) in [7, 11) is 2.90. The van der Waals surface area contributed by atoms with Crippen LogP contribution in [0.2, 0.25) is 0 Å². The van der Waals surface area contributed by atoms with Gasteiger partial charge in [0.2, 0.25) is 5.91 Å². The number of methoxy groups -OCH3 is 1. The first-order valence-electron chi connectivity index (χ1n) is 6.51. The van der Waals surface area contributed by atoms with Crippen LogP contribution < -0.4 is 21.3 Å². The molecule has 22 heavy (non-hydrogen) atoms. The van der Waals surface area contributed by atoms with E-state index in [0.717, 1.165) is 4.57 Å². The van der Waals surface area contributed by atoms with Crippen LogP contribution in [0.5, 0.6) is 5.75 Å². The molecule has 0 spiro atoms. The Balaban J connectivity index is 2.65. The highest BCUT2D eigenvalue weighted by molar-refractivity contribution is 5.81. The van der Waals surface area contributed by atoms with Crippen LogP contribution in [-0.4, -0.2) is 33.7 Å². The SMILES string of the molecule is C=CCNC(=O)Cn1c(=O)c2c(OC)ccnc2n(C)c1=O. The van der Waals surface area contributed by atoms with Gasteiger partial charge in [-0.15, -0.1) is 6.58 Å². The molecule has 2 aromatic heterocycles. The average molecular weight is 304 g/mol. The number of fused-ring (bicyclic) bond motifs is 1. The largest absolute Gasteiger partial charge is 0.496 e. The van der Waals surface area contributed by atoms with Crippen molar-refractivity contribution in [2.75, 3.05) is 13.7 Å². The van der Waals surface area contributed by atoms with E-state index >= 15 is 0 Å².